The van der Waals surface area contributed by atoms with Gasteiger partial charge in [0.1, 0.15) is 17.4 Å². The van der Waals surface area contributed by atoms with Crippen molar-refractivity contribution in [1.29, 1.82) is 0 Å². The molecule has 0 aliphatic carbocycles. The molecule has 2 rings (SSSR count). The average Bonchev–Trinajstić information content (AvgIpc) is 2.76. The molecule has 0 saturated carbocycles. The fourth-order valence-corrected chi connectivity index (χ4v) is 2.12. The predicted molar refractivity (Wildman–Crippen MR) is 65.6 cm³/mol. The molecule has 1 aromatic carbocycles. The molecule has 0 amide bonds. The van der Waals surface area contributed by atoms with E-state index < -0.39 is 0 Å². The van der Waals surface area contributed by atoms with Gasteiger partial charge in [-0.3, -0.25) is 0 Å². The van der Waals surface area contributed by atoms with Crippen LogP contribution in [0.5, 0.6) is 5.75 Å². The number of thiazole rings is 1. The highest BCUT2D eigenvalue weighted by Gasteiger charge is 2.01. The Morgan fingerprint density at radius 2 is 2.07 bits per heavy atom. The summed E-state index contributed by atoms with van der Waals surface area (Å²) in [4.78, 5) is 5.42. The molecule has 78 valence electrons. The number of aromatic nitrogens is 1. The molecule has 0 bridgehead atoms. The molecule has 2 nitrogen and oxygen atoms in total. The summed E-state index contributed by atoms with van der Waals surface area (Å²) in [6.07, 6.45) is 1.85. The zero-order valence-corrected chi connectivity index (χ0v) is 9.80. The molecule has 0 aliphatic rings. The summed E-state index contributed by atoms with van der Waals surface area (Å²) in [7, 11) is 0. The van der Waals surface area contributed by atoms with Crippen LogP contribution in [0.3, 0.4) is 0 Å². The maximum atomic E-state index is 5.57. The van der Waals surface area contributed by atoms with E-state index in [0.717, 1.165) is 16.5 Å². The molecule has 0 spiro atoms. The molecule has 0 unspecified atom stereocenters. The molecule has 1 aromatic heterocycles. The monoisotopic (exact) mass is 237 g/mol. The summed E-state index contributed by atoms with van der Waals surface area (Å²) in [5.41, 5.74) is 0. The van der Waals surface area contributed by atoms with Gasteiger partial charge in [0.2, 0.25) is 0 Å². The summed E-state index contributed by atoms with van der Waals surface area (Å²) in [5.74, 6) is 1.61. The lowest BCUT2D eigenvalue weighted by Crippen LogP contribution is -1.93. The quantitative estimate of drug-likeness (QED) is 0.825. The highest BCUT2D eigenvalue weighted by molar-refractivity contribution is 7.79. The zero-order chi connectivity index (χ0) is 10.5. The van der Waals surface area contributed by atoms with Gasteiger partial charge in [-0.15, -0.1) is 11.3 Å². The van der Waals surface area contributed by atoms with Crippen molar-refractivity contribution in [2.24, 2.45) is 0 Å². The first-order valence-corrected chi connectivity index (χ1v) is 6.05. The second-order valence-corrected chi connectivity index (χ2v) is 4.50. The van der Waals surface area contributed by atoms with Crippen LogP contribution in [0.15, 0.2) is 36.5 Å². The van der Waals surface area contributed by atoms with Crippen molar-refractivity contribution in [3.05, 3.63) is 46.4 Å². The van der Waals surface area contributed by atoms with Crippen LogP contribution in [0.25, 0.3) is 0 Å². The topological polar surface area (TPSA) is 22.1 Å². The molecule has 0 N–H and O–H groups in total. The van der Waals surface area contributed by atoms with E-state index in [1.165, 1.54) is 4.88 Å². The van der Waals surface area contributed by atoms with Crippen molar-refractivity contribution in [3.8, 4) is 5.75 Å². The number of hydrogen-bond donors (Lipinski definition) is 1. The third-order valence-corrected chi connectivity index (χ3v) is 3.39. The minimum Gasteiger partial charge on any atom is -0.486 e. The van der Waals surface area contributed by atoms with Crippen LogP contribution in [-0.4, -0.2) is 4.98 Å². The van der Waals surface area contributed by atoms with Gasteiger partial charge in [-0.2, -0.15) is 12.6 Å². The van der Waals surface area contributed by atoms with Gasteiger partial charge in [-0.1, -0.05) is 18.2 Å². The molecule has 0 aliphatic heterocycles. The average molecular weight is 237 g/mol. The maximum Gasteiger partial charge on any atom is 0.140 e. The van der Waals surface area contributed by atoms with E-state index in [2.05, 4.69) is 17.6 Å². The number of thiol groups is 1. The maximum absolute atomic E-state index is 5.57. The van der Waals surface area contributed by atoms with E-state index >= 15 is 0 Å². The van der Waals surface area contributed by atoms with Gasteiger partial charge in [-0.25, -0.2) is 4.98 Å². The fraction of sp³-hybridized carbons (Fsp3) is 0.182. The SMILES string of the molecule is SCc1cnc(COc2ccccc2)s1. The highest BCUT2D eigenvalue weighted by atomic mass is 32.1. The van der Waals surface area contributed by atoms with Crippen LogP contribution in [0.2, 0.25) is 0 Å². The molecule has 15 heavy (non-hydrogen) atoms. The van der Waals surface area contributed by atoms with Crippen LogP contribution < -0.4 is 4.74 Å². The Bertz CT molecular complexity index is 414. The van der Waals surface area contributed by atoms with E-state index in [4.69, 9.17) is 4.74 Å². The molecule has 0 atom stereocenters. The zero-order valence-electron chi connectivity index (χ0n) is 8.09. The first-order valence-electron chi connectivity index (χ1n) is 4.61. The van der Waals surface area contributed by atoms with Crippen LogP contribution in [0.4, 0.5) is 0 Å². The van der Waals surface area contributed by atoms with E-state index in [0.29, 0.717) is 6.61 Å². The molecule has 2 aromatic rings. The molecule has 4 heteroatoms. The lowest BCUT2D eigenvalue weighted by Gasteiger charge is -2.02. The Labute approximate surface area is 98.3 Å². The van der Waals surface area contributed by atoms with Gasteiger partial charge in [0.15, 0.2) is 0 Å². The van der Waals surface area contributed by atoms with E-state index in [1.807, 2.05) is 36.5 Å². The van der Waals surface area contributed by atoms with Crippen LogP contribution in [-0.2, 0) is 12.4 Å². The molecular formula is C11H11NOS2. The third-order valence-electron chi connectivity index (χ3n) is 1.86. The molecule has 1 heterocycles. The first-order chi connectivity index (χ1) is 7.38. The van der Waals surface area contributed by atoms with E-state index in [1.54, 1.807) is 11.3 Å². The number of nitrogens with zero attached hydrogens (tertiary/aromatic N) is 1. The standard InChI is InChI=1S/C11H11NOS2/c14-8-10-6-12-11(15-10)7-13-9-4-2-1-3-5-9/h1-6,14H,7-8H2. The first kappa shape index (κ1) is 10.5. The lowest BCUT2D eigenvalue weighted by molar-refractivity contribution is 0.305. The third kappa shape index (κ3) is 2.97. The van der Waals surface area contributed by atoms with E-state index in [-0.39, 0.29) is 0 Å². The summed E-state index contributed by atoms with van der Waals surface area (Å²) in [6.45, 7) is 0.530. The van der Waals surface area contributed by atoms with Crippen molar-refractivity contribution in [2.45, 2.75) is 12.4 Å². The number of rotatable bonds is 4. The smallest absolute Gasteiger partial charge is 0.140 e. The van der Waals surface area contributed by atoms with Crippen molar-refractivity contribution in [3.63, 3.8) is 0 Å². The van der Waals surface area contributed by atoms with Crippen molar-refractivity contribution in [1.82, 2.24) is 4.98 Å². The summed E-state index contributed by atoms with van der Waals surface area (Å²) in [6, 6.07) is 9.75. The van der Waals surface area contributed by atoms with Crippen molar-refractivity contribution < 1.29 is 4.74 Å². The van der Waals surface area contributed by atoms with Crippen LogP contribution in [0, 0.1) is 0 Å². The predicted octanol–water partition coefficient (Wildman–Crippen LogP) is 3.15. The highest BCUT2D eigenvalue weighted by Crippen LogP contribution is 2.17. The summed E-state index contributed by atoms with van der Waals surface area (Å²) < 4.78 is 5.57. The van der Waals surface area contributed by atoms with Gasteiger partial charge in [0.25, 0.3) is 0 Å². The normalized spacial score (nSPS) is 10.2. The van der Waals surface area contributed by atoms with Gasteiger partial charge in [0.05, 0.1) is 0 Å². The second kappa shape index (κ2) is 5.19. The van der Waals surface area contributed by atoms with Crippen LogP contribution in [0.1, 0.15) is 9.88 Å². The molecule has 0 radical (unpaired) electrons. The van der Waals surface area contributed by atoms with Crippen molar-refractivity contribution >= 4 is 24.0 Å². The van der Waals surface area contributed by atoms with Gasteiger partial charge < -0.3 is 4.74 Å². The summed E-state index contributed by atoms with van der Waals surface area (Å²) in [5, 5.41) is 0.989. The Hall–Kier alpha value is -1.00. The van der Waals surface area contributed by atoms with Crippen molar-refractivity contribution in [2.75, 3.05) is 0 Å². The number of ether oxygens (including phenoxy) is 1. The Morgan fingerprint density at radius 3 is 2.73 bits per heavy atom. The van der Waals surface area contributed by atoms with Gasteiger partial charge >= 0.3 is 0 Å². The number of hydrogen-bond acceptors (Lipinski definition) is 4. The van der Waals surface area contributed by atoms with Crippen LogP contribution >= 0.6 is 24.0 Å². The number of benzene rings is 1. The Morgan fingerprint density at radius 1 is 1.27 bits per heavy atom. The minimum absolute atomic E-state index is 0.530. The van der Waals surface area contributed by atoms with Gasteiger partial charge in [-0.05, 0) is 12.1 Å². The van der Waals surface area contributed by atoms with Gasteiger partial charge in [0, 0.05) is 16.8 Å². The number of para-hydroxylation sites is 1. The Balaban J connectivity index is 1.93. The van der Waals surface area contributed by atoms with E-state index in [9.17, 15) is 0 Å². The molecular weight excluding hydrogens is 226 g/mol. The lowest BCUT2D eigenvalue weighted by atomic mass is 10.3. The Kier molecular flexibility index (Phi) is 3.64. The summed E-state index contributed by atoms with van der Waals surface area (Å²) >= 11 is 5.83. The second-order valence-electron chi connectivity index (χ2n) is 2.98. The minimum atomic E-state index is 0.530. The molecule has 0 fully saturated rings. The molecule has 0 saturated heterocycles. The fourth-order valence-electron chi connectivity index (χ4n) is 1.15. The largest absolute Gasteiger partial charge is 0.486 e.